The van der Waals surface area contributed by atoms with Crippen LogP contribution in [0.1, 0.15) is 10.4 Å². The number of halogens is 3. The number of hydrogen-bond donors (Lipinski definition) is 1. The van der Waals surface area contributed by atoms with E-state index in [9.17, 15) is 4.79 Å². The van der Waals surface area contributed by atoms with Gasteiger partial charge in [-0.2, -0.15) is 0 Å². The number of rotatable bonds is 2. The molecule has 0 atom stereocenters. The van der Waals surface area contributed by atoms with E-state index in [-0.39, 0.29) is 5.91 Å². The van der Waals surface area contributed by atoms with Crippen molar-refractivity contribution < 1.29 is 4.79 Å². The van der Waals surface area contributed by atoms with Crippen molar-refractivity contribution in [2.45, 2.75) is 0 Å². The number of hydrogen-bond acceptors (Lipinski definition) is 1. The van der Waals surface area contributed by atoms with Gasteiger partial charge >= 0.3 is 0 Å². The highest BCUT2D eigenvalue weighted by Gasteiger charge is 2.06. The van der Waals surface area contributed by atoms with Crippen molar-refractivity contribution in [2.24, 2.45) is 0 Å². The van der Waals surface area contributed by atoms with Crippen molar-refractivity contribution >= 4 is 66.0 Å². The smallest absolute Gasteiger partial charge is 0.255 e. The second-order valence-corrected chi connectivity index (χ2v) is 6.52. The van der Waals surface area contributed by atoms with Crippen LogP contribution >= 0.6 is 54.5 Å². The minimum atomic E-state index is -0.111. The fourth-order valence-electron chi connectivity index (χ4n) is 1.38. The van der Waals surface area contributed by atoms with E-state index in [1.54, 1.807) is 12.1 Å². The topological polar surface area (TPSA) is 29.1 Å². The zero-order valence-electron chi connectivity index (χ0n) is 9.08. The molecule has 0 heterocycles. The number of nitrogens with one attached hydrogen (secondary N) is 1. The molecule has 0 bridgehead atoms. The second kappa shape index (κ2) is 6.16. The number of carbonyl (C=O) groups excluding carboxylic acids is 1. The Morgan fingerprint density at radius 2 is 1.72 bits per heavy atom. The Labute approximate surface area is 136 Å². The average molecular weight is 481 g/mol. The molecule has 2 rings (SSSR count). The summed E-state index contributed by atoms with van der Waals surface area (Å²) in [6.45, 7) is 0. The van der Waals surface area contributed by atoms with Crippen LogP contribution in [-0.2, 0) is 0 Å². The molecule has 0 fully saturated rings. The first-order valence-electron chi connectivity index (χ1n) is 5.08. The molecule has 2 aromatic rings. The number of amides is 1. The van der Waals surface area contributed by atoms with Crippen molar-refractivity contribution in [3.05, 3.63) is 60.5 Å². The Kier molecular flexibility index (Phi) is 4.80. The molecule has 2 aromatic carbocycles. The Balaban J connectivity index is 2.16. The van der Waals surface area contributed by atoms with Crippen LogP contribution in [0, 0.1) is 3.57 Å². The Hall–Kier alpha value is -0.400. The SMILES string of the molecule is O=C(Nc1ccc(Br)c(I)c1)c1ccc(Br)cc1. The van der Waals surface area contributed by atoms with Gasteiger partial charge in [-0.05, 0) is 81.0 Å². The maximum absolute atomic E-state index is 12.0. The van der Waals surface area contributed by atoms with E-state index in [2.05, 4.69) is 59.8 Å². The molecule has 0 spiro atoms. The van der Waals surface area contributed by atoms with Gasteiger partial charge in [0.1, 0.15) is 0 Å². The van der Waals surface area contributed by atoms with Crippen LogP contribution in [0.25, 0.3) is 0 Å². The summed E-state index contributed by atoms with van der Waals surface area (Å²) < 4.78 is 3.03. The molecule has 5 heteroatoms. The van der Waals surface area contributed by atoms with E-state index >= 15 is 0 Å². The second-order valence-electron chi connectivity index (χ2n) is 3.59. The summed E-state index contributed by atoms with van der Waals surface area (Å²) in [4.78, 5) is 12.0. The van der Waals surface area contributed by atoms with Crippen molar-refractivity contribution in [3.63, 3.8) is 0 Å². The van der Waals surface area contributed by atoms with Gasteiger partial charge in [-0.3, -0.25) is 4.79 Å². The summed E-state index contributed by atoms with van der Waals surface area (Å²) in [5.41, 5.74) is 1.42. The first-order valence-corrected chi connectivity index (χ1v) is 7.75. The molecule has 0 aliphatic rings. The Bertz CT molecular complexity index is 584. The van der Waals surface area contributed by atoms with E-state index in [0.29, 0.717) is 5.56 Å². The predicted molar refractivity (Wildman–Crippen MR) is 89.0 cm³/mol. The molecule has 1 amide bonds. The lowest BCUT2D eigenvalue weighted by Crippen LogP contribution is -2.11. The van der Waals surface area contributed by atoms with Crippen LogP contribution in [-0.4, -0.2) is 5.91 Å². The molecule has 0 aliphatic heterocycles. The lowest BCUT2D eigenvalue weighted by Gasteiger charge is -2.06. The molecule has 0 radical (unpaired) electrons. The molecule has 0 unspecified atom stereocenters. The van der Waals surface area contributed by atoms with Gasteiger partial charge in [0, 0.05) is 23.8 Å². The largest absolute Gasteiger partial charge is 0.322 e. The monoisotopic (exact) mass is 479 g/mol. The first kappa shape index (κ1) is 14.0. The van der Waals surface area contributed by atoms with E-state index in [0.717, 1.165) is 18.2 Å². The lowest BCUT2D eigenvalue weighted by molar-refractivity contribution is 0.102. The minimum Gasteiger partial charge on any atom is -0.322 e. The maximum atomic E-state index is 12.0. The van der Waals surface area contributed by atoms with Crippen molar-refractivity contribution in [3.8, 4) is 0 Å². The van der Waals surface area contributed by atoms with E-state index < -0.39 is 0 Å². The standard InChI is InChI=1S/C13H8Br2INO/c14-9-3-1-8(2-4-9)13(18)17-10-5-6-11(15)12(16)7-10/h1-7H,(H,17,18). The zero-order chi connectivity index (χ0) is 13.1. The first-order chi connectivity index (χ1) is 8.56. The summed E-state index contributed by atoms with van der Waals surface area (Å²) >= 11 is 8.98. The van der Waals surface area contributed by atoms with Gasteiger partial charge in [-0.25, -0.2) is 0 Å². The van der Waals surface area contributed by atoms with Crippen molar-refractivity contribution in [1.29, 1.82) is 0 Å². The highest BCUT2D eigenvalue weighted by atomic mass is 127. The molecule has 92 valence electrons. The van der Waals surface area contributed by atoms with E-state index in [4.69, 9.17) is 0 Å². The molecule has 0 saturated carbocycles. The normalized spacial score (nSPS) is 10.2. The summed E-state index contributed by atoms with van der Waals surface area (Å²) in [5.74, 6) is -0.111. The predicted octanol–water partition coefficient (Wildman–Crippen LogP) is 5.07. The number of carbonyl (C=O) groups is 1. The summed E-state index contributed by atoms with van der Waals surface area (Å²) in [5, 5.41) is 2.87. The molecule has 1 N–H and O–H groups in total. The van der Waals surface area contributed by atoms with Gasteiger partial charge in [-0.15, -0.1) is 0 Å². The van der Waals surface area contributed by atoms with Gasteiger partial charge in [0.25, 0.3) is 5.91 Å². The molecule has 0 aromatic heterocycles. The van der Waals surface area contributed by atoms with Crippen LogP contribution in [0.2, 0.25) is 0 Å². The maximum Gasteiger partial charge on any atom is 0.255 e. The van der Waals surface area contributed by atoms with E-state index in [1.165, 1.54) is 0 Å². The molecule has 0 aliphatic carbocycles. The van der Waals surface area contributed by atoms with Gasteiger partial charge in [0.15, 0.2) is 0 Å². The van der Waals surface area contributed by atoms with Crippen LogP contribution in [0.3, 0.4) is 0 Å². The third-order valence-corrected chi connectivity index (χ3v) is 5.14. The lowest BCUT2D eigenvalue weighted by atomic mass is 10.2. The summed E-state index contributed by atoms with van der Waals surface area (Å²) in [6, 6.07) is 13.0. The zero-order valence-corrected chi connectivity index (χ0v) is 14.4. The van der Waals surface area contributed by atoms with Crippen LogP contribution in [0.5, 0.6) is 0 Å². The van der Waals surface area contributed by atoms with Crippen molar-refractivity contribution in [1.82, 2.24) is 0 Å². The van der Waals surface area contributed by atoms with Crippen molar-refractivity contribution in [2.75, 3.05) is 5.32 Å². The molecule has 18 heavy (non-hydrogen) atoms. The third-order valence-electron chi connectivity index (χ3n) is 2.28. The summed E-state index contributed by atoms with van der Waals surface area (Å²) in [7, 11) is 0. The molecular formula is C13H8Br2INO. The Morgan fingerprint density at radius 1 is 1.06 bits per heavy atom. The minimum absolute atomic E-state index is 0.111. The fraction of sp³-hybridized carbons (Fsp3) is 0. The quantitative estimate of drug-likeness (QED) is 0.597. The molecule has 2 nitrogen and oxygen atoms in total. The number of anilines is 1. The average Bonchev–Trinajstić information content (AvgIpc) is 2.34. The molecule has 0 saturated heterocycles. The highest BCUT2D eigenvalue weighted by Crippen LogP contribution is 2.23. The van der Waals surface area contributed by atoms with E-state index in [1.807, 2.05) is 30.3 Å². The van der Waals surface area contributed by atoms with Crippen LogP contribution in [0.4, 0.5) is 5.69 Å². The number of benzene rings is 2. The van der Waals surface area contributed by atoms with Gasteiger partial charge in [-0.1, -0.05) is 15.9 Å². The highest BCUT2D eigenvalue weighted by molar-refractivity contribution is 14.1. The van der Waals surface area contributed by atoms with Gasteiger partial charge in [0.05, 0.1) is 0 Å². The van der Waals surface area contributed by atoms with Crippen LogP contribution < -0.4 is 5.32 Å². The summed E-state index contributed by atoms with van der Waals surface area (Å²) in [6.07, 6.45) is 0. The fourth-order valence-corrected chi connectivity index (χ4v) is 2.40. The van der Waals surface area contributed by atoms with Gasteiger partial charge in [0.2, 0.25) is 0 Å². The molecular weight excluding hydrogens is 473 g/mol. The Morgan fingerprint density at radius 3 is 2.33 bits per heavy atom. The van der Waals surface area contributed by atoms with Gasteiger partial charge < -0.3 is 5.32 Å². The van der Waals surface area contributed by atoms with Crippen LogP contribution in [0.15, 0.2) is 51.4 Å². The third kappa shape index (κ3) is 3.55.